The predicted octanol–water partition coefficient (Wildman–Crippen LogP) is -0.133. The monoisotopic (exact) mass is 612 g/mol. The summed E-state index contributed by atoms with van der Waals surface area (Å²) in [6, 6.07) is -2.80. The number of hydrogen-bond acceptors (Lipinski definition) is 9. The summed E-state index contributed by atoms with van der Waals surface area (Å²) in [7, 11) is -4.65. The summed E-state index contributed by atoms with van der Waals surface area (Å²) >= 11 is 0. The van der Waals surface area contributed by atoms with Crippen LogP contribution in [0.1, 0.15) is 70.6 Å². The number of carboxylic acids is 4. The Balaban J connectivity index is 4.50. The van der Waals surface area contributed by atoms with Gasteiger partial charge in [0.25, 0.3) is 0 Å². The Morgan fingerprint density at radius 2 is 1.41 bits per heavy atom. The van der Waals surface area contributed by atoms with Crippen LogP contribution in [0.5, 0.6) is 0 Å². The van der Waals surface area contributed by atoms with Crippen LogP contribution in [0.25, 0.3) is 0 Å². The number of carbonyl (C=O) groups excluding carboxylic acids is 2. The third kappa shape index (κ3) is 19.6. The third-order valence-electron chi connectivity index (χ3n) is 5.74. The van der Waals surface area contributed by atoms with E-state index < -0.39 is 87.3 Å². The lowest BCUT2D eigenvalue weighted by Gasteiger charge is -2.19. The van der Waals surface area contributed by atoms with Gasteiger partial charge in [-0.25, -0.2) is 14.4 Å². The van der Waals surface area contributed by atoms with E-state index in [4.69, 9.17) is 20.5 Å². The smallest absolute Gasteiger partial charge is 0.403 e. The van der Waals surface area contributed by atoms with Crippen molar-refractivity contribution in [2.24, 2.45) is 11.7 Å². The van der Waals surface area contributed by atoms with E-state index in [1.807, 2.05) is 5.09 Å². The lowest BCUT2D eigenvalue weighted by Crippen LogP contribution is -2.41. The maximum absolute atomic E-state index is 12.2. The van der Waals surface area contributed by atoms with Gasteiger partial charge >= 0.3 is 31.6 Å². The molecule has 0 fully saturated rings. The highest BCUT2D eigenvalue weighted by molar-refractivity contribution is 7.50. The molecule has 17 nitrogen and oxygen atoms in total. The summed E-state index contributed by atoms with van der Waals surface area (Å²) < 4.78 is 16.8. The molecule has 0 aliphatic heterocycles. The molecule has 0 heterocycles. The number of carbonyl (C=O) groups is 6. The van der Waals surface area contributed by atoms with Crippen molar-refractivity contribution < 1.29 is 63.2 Å². The summed E-state index contributed by atoms with van der Waals surface area (Å²) in [5.74, 6) is -7.57. The van der Waals surface area contributed by atoms with Crippen LogP contribution in [0.15, 0.2) is 0 Å². The maximum atomic E-state index is 12.2. The van der Waals surface area contributed by atoms with Crippen LogP contribution < -0.4 is 21.5 Å². The van der Waals surface area contributed by atoms with Crippen LogP contribution in [0.4, 0.5) is 0 Å². The lowest BCUT2D eigenvalue weighted by atomic mass is 9.99. The van der Waals surface area contributed by atoms with Gasteiger partial charge in [0.05, 0.1) is 12.5 Å². The summed E-state index contributed by atoms with van der Waals surface area (Å²) in [5.41, 5.74) is 5.38. The van der Waals surface area contributed by atoms with Gasteiger partial charge in [0.15, 0.2) is 0 Å². The second kappa shape index (κ2) is 20.7. The van der Waals surface area contributed by atoms with Crippen LogP contribution in [0.2, 0.25) is 0 Å². The van der Waals surface area contributed by atoms with E-state index in [9.17, 15) is 48.4 Å². The molecular weight excluding hydrogens is 571 g/mol. The van der Waals surface area contributed by atoms with Gasteiger partial charge in [-0.1, -0.05) is 6.42 Å². The Hall–Kier alpha value is -3.11. The summed E-state index contributed by atoms with van der Waals surface area (Å²) in [4.78, 5) is 78.6. The number of unbranched alkanes of at least 4 members (excludes halogenated alkanes) is 2. The topological polar surface area (TPSA) is 292 Å². The Morgan fingerprint density at radius 3 is 1.98 bits per heavy atom. The molecule has 0 saturated heterocycles. The third-order valence-corrected chi connectivity index (χ3v) is 6.91. The summed E-state index contributed by atoms with van der Waals surface area (Å²) in [6.07, 6.45) is 0.835. The van der Waals surface area contributed by atoms with Gasteiger partial charge in [0, 0.05) is 25.8 Å². The minimum atomic E-state index is -4.65. The highest BCUT2D eigenvalue weighted by atomic mass is 31.2. The van der Waals surface area contributed by atoms with E-state index in [0.29, 0.717) is 13.0 Å². The molecule has 0 bridgehead atoms. The number of nitrogens with one attached hydrogen (secondary N) is 3. The average Bonchev–Trinajstić information content (AvgIpc) is 2.87. The average molecular weight is 613 g/mol. The van der Waals surface area contributed by atoms with Crippen molar-refractivity contribution in [1.29, 1.82) is 0 Å². The first-order valence-corrected chi connectivity index (χ1v) is 14.7. The Bertz CT molecular complexity index is 933. The Labute approximate surface area is 236 Å². The number of amides is 2. The van der Waals surface area contributed by atoms with Crippen molar-refractivity contribution in [2.45, 2.75) is 82.7 Å². The zero-order chi connectivity index (χ0) is 31.4. The molecule has 41 heavy (non-hydrogen) atoms. The molecule has 0 aromatic heterocycles. The van der Waals surface area contributed by atoms with Crippen molar-refractivity contribution in [3.63, 3.8) is 0 Å². The van der Waals surface area contributed by atoms with Crippen molar-refractivity contribution in [3.05, 3.63) is 0 Å². The fourth-order valence-corrected chi connectivity index (χ4v) is 4.62. The molecule has 4 atom stereocenters. The lowest BCUT2D eigenvalue weighted by molar-refractivity contribution is -0.144. The van der Waals surface area contributed by atoms with Gasteiger partial charge in [0.1, 0.15) is 12.1 Å². The zero-order valence-electron chi connectivity index (χ0n) is 22.7. The molecule has 18 heteroatoms. The van der Waals surface area contributed by atoms with E-state index in [-0.39, 0.29) is 38.6 Å². The molecule has 0 spiro atoms. The highest BCUT2D eigenvalue weighted by Crippen LogP contribution is 2.38. The van der Waals surface area contributed by atoms with Gasteiger partial charge in [-0.3, -0.25) is 28.5 Å². The molecule has 0 aliphatic rings. The van der Waals surface area contributed by atoms with Crippen LogP contribution in [-0.2, 0) is 37.9 Å². The van der Waals surface area contributed by atoms with Crippen molar-refractivity contribution >= 4 is 43.4 Å². The number of carboxylic acid groups (broad SMARTS) is 4. The maximum Gasteiger partial charge on any atom is 0.403 e. The molecule has 0 aromatic rings. The van der Waals surface area contributed by atoms with E-state index in [0.717, 1.165) is 12.8 Å². The number of aliphatic carboxylic acids is 4. The van der Waals surface area contributed by atoms with Gasteiger partial charge in [0.2, 0.25) is 11.8 Å². The minimum Gasteiger partial charge on any atom is -0.481 e. The van der Waals surface area contributed by atoms with Crippen LogP contribution >= 0.6 is 7.75 Å². The van der Waals surface area contributed by atoms with Gasteiger partial charge in [-0.15, -0.1) is 0 Å². The normalized spacial score (nSPS) is 14.7. The Kier molecular flexibility index (Phi) is 19.1. The van der Waals surface area contributed by atoms with Gasteiger partial charge < -0.3 is 41.7 Å². The molecule has 0 aliphatic carbocycles. The number of nitrogens with two attached hydrogens (primary N) is 1. The van der Waals surface area contributed by atoms with Crippen LogP contribution in [0, 0.1) is 5.92 Å². The molecule has 0 radical (unpaired) electrons. The molecule has 236 valence electrons. The number of hydrogen-bond donors (Lipinski definition) is 9. The van der Waals surface area contributed by atoms with Crippen molar-refractivity contribution in [2.75, 3.05) is 19.7 Å². The second-order valence-corrected chi connectivity index (χ2v) is 10.8. The van der Waals surface area contributed by atoms with Crippen LogP contribution in [-0.4, -0.2) is 92.8 Å². The highest BCUT2D eigenvalue weighted by Gasteiger charge is 2.29. The van der Waals surface area contributed by atoms with Gasteiger partial charge in [-0.05, 0) is 51.5 Å². The molecule has 10 N–H and O–H groups in total. The Morgan fingerprint density at radius 1 is 0.756 bits per heavy atom. The van der Waals surface area contributed by atoms with E-state index in [1.165, 1.54) is 0 Å². The predicted molar refractivity (Wildman–Crippen MR) is 142 cm³/mol. The van der Waals surface area contributed by atoms with Crippen LogP contribution in [0.3, 0.4) is 0 Å². The fourth-order valence-electron chi connectivity index (χ4n) is 3.54. The molecule has 2 amide bonds. The first-order chi connectivity index (χ1) is 19.2. The SMILES string of the molecule is NCCCCCC(=O)N[C@@H](CCCNC(=O)C[C@@H](CCCOP(=O)(O)N[C@@H](CCC(=O)O)C(=O)O)C(=O)O)C(=O)O. The van der Waals surface area contributed by atoms with Crippen molar-refractivity contribution in [3.8, 4) is 0 Å². The number of rotatable bonds is 25. The molecule has 0 saturated carbocycles. The first kappa shape index (κ1) is 37.9. The zero-order valence-corrected chi connectivity index (χ0v) is 23.6. The quantitative estimate of drug-likeness (QED) is 0.0479. The van der Waals surface area contributed by atoms with E-state index in [1.54, 1.807) is 0 Å². The molecule has 1 unspecified atom stereocenters. The molecule has 0 rings (SSSR count). The summed E-state index contributed by atoms with van der Waals surface area (Å²) in [6.45, 7) is 0.0931. The minimum absolute atomic E-state index is 0.0381. The molecule has 0 aromatic carbocycles. The first-order valence-electron chi connectivity index (χ1n) is 13.1. The van der Waals surface area contributed by atoms with Crippen molar-refractivity contribution in [1.82, 2.24) is 15.7 Å². The second-order valence-electron chi connectivity index (χ2n) is 9.24. The largest absolute Gasteiger partial charge is 0.481 e. The van der Waals surface area contributed by atoms with E-state index >= 15 is 0 Å². The summed E-state index contributed by atoms with van der Waals surface area (Å²) in [5, 5.41) is 43.1. The molecular formula is C23H41N4O13P. The standard InChI is InChI=1S/C23H41N4O13P/c24-11-3-1-2-8-18(28)26-16(22(34)35)7-4-12-25-19(29)14-15(21(32)33)6-5-13-40-41(38,39)27-17(23(36)37)9-10-20(30)31/h15-17H,1-14,24H2,(H,25,29)(H,26,28)(H,30,31)(H,32,33)(H,34,35)(H,36,37)(H2,27,38,39)/t15-,16+,17+/m1/s1. The fraction of sp³-hybridized carbons (Fsp3) is 0.739. The van der Waals surface area contributed by atoms with Gasteiger partial charge in [-0.2, -0.15) is 0 Å². The van der Waals surface area contributed by atoms with E-state index in [2.05, 4.69) is 10.6 Å².